The van der Waals surface area contributed by atoms with E-state index in [4.69, 9.17) is 0 Å². The minimum absolute atomic E-state index is 1.31. The van der Waals surface area contributed by atoms with Gasteiger partial charge in [0.05, 0.1) is 0 Å². The fraction of sp³-hybridized carbons (Fsp3) is 0.450. The molecule has 1 saturated heterocycles. The number of benzene rings is 1. The van der Waals surface area contributed by atoms with E-state index >= 15 is 0 Å². The van der Waals surface area contributed by atoms with Crippen LogP contribution in [-0.2, 0) is 13.5 Å². The molecule has 1 aromatic carbocycles. The average Bonchev–Trinajstić information content (AvgIpc) is 2.98. The molecule has 0 bridgehead atoms. The molecule has 0 aliphatic carbocycles. The first-order valence-corrected chi connectivity index (χ1v) is 14.3. The van der Waals surface area contributed by atoms with Crippen LogP contribution < -0.4 is 8.96 Å². The second kappa shape index (κ2) is 5.52. The van der Waals surface area contributed by atoms with Crippen LogP contribution >= 0.6 is 0 Å². The molecule has 1 fully saturated rings. The summed E-state index contributed by atoms with van der Waals surface area (Å²) in [6.07, 6.45) is 7.94. The van der Waals surface area contributed by atoms with Crippen LogP contribution in [0.15, 0.2) is 36.5 Å². The fourth-order valence-corrected chi connectivity index (χ4v) is 16.7. The van der Waals surface area contributed by atoms with E-state index in [1.807, 2.05) is 4.40 Å². The molecule has 2 aliphatic heterocycles. The first-order chi connectivity index (χ1) is 10.7. The van der Waals surface area contributed by atoms with Crippen molar-refractivity contribution in [2.24, 2.45) is 7.05 Å². The molecule has 2 aromatic rings. The molecular weight excluding hydrogens is 327 g/mol. The molecule has 0 saturated carbocycles. The van der Waals surface area contributed by atoms with Gasteiger partial charge in [0, 0.05) is 0 Å². The van der Waals surface area contributed by atoms with Gasteiger partial charge in [0.2, 0.25) is 0 Å². The van der Waals surface area contributed by atoms with Crippen LogP contribution in [0.3, 0.4) is 0 Å². The summed E-state index contributed by atoms with van der Waals surface area (Å²) in [7, 11) is 2.16. The third kappa shape index (κ3) is 2.25. The topological polar surface area (TPSA) is 3.88 Å². The van der Waals surface area contributed by atoms with E-state index in [-0.39, 0.29) is 0 Å². The molecule has 4 rings (SSSR count). The zero-order chi connectivity index (χ0) is 15.2. The summed E-state index contributed by atoms with van der Waals surface area (Å²) in [6.45, 7) is 2.32. The predicted octanol–water partition coefficient (Wildman–Crippen LogP) is 3.88. The molecule has 0 amide bonds. The molecule has 0 radical (unpaired) electrons. The van der Waals surface area contributed by atoms with E-state index in [1.165, 1.54) is 42.5 Å². The molecular formula is C20H26GeN+. The molecule has 3 heterocycles. The van der Waals surface area contributed by atoms with Crippen molar-refractivity contribution in [2.75, 3.05) is 0 Å². The van der Waals surface area contributed by atoms with Crippen molar-refractivity contribution in [3.63, 3.8) is 0 Å². The zero-order valence-electron chi connectivity index (χ0n) is 13.9. The second-order valence-electron chi connectivity index (χ2n) is 7.36. The monoisotopic (exact) mass is 354 g/mol. The van der Waals surface area contributed by atoms with Gasteiger partial charge in [-0.05, 0) is 0 Å². The number of hydrogen-bond acceptors (Lipinski definition) is 0. The molecule has 2 aliphatic rings. The van der Waals surface area contributed by atoms with Crippen LogP contribution in [0.1, 0.15) is 30.4 Å². The summed E-state index contributed by atoms with van der Waals surface area (Å²) in [5.74, 6) is 0. The molecule has 22 heavy (non-hydrogen) atoms. The number of aryl methyl sites for hydroxylation is 3. The van der Waals surface area contributed by atoms with Gasteiger partial charge in [0.25, 0.3) is 0 Å². The Labute approximate surface area is 136 Å². The van der Waals surface area contributed by atoms with Crippen molar-refractivity contribution in [3.05, 3.63) is 47.7 Å². The normalized spacial score (nSPS) is 19.4. The Morgan fingerprint density at radius 3 is 2.55 bits per heavy atom. The van der Waals surface area contributed by atoms with E-state index in [1.54, 1.807) is 21.3 Å². The standard InChI is InChI=1S/C20H26GeN/c1-16-14-19-17(8-7-12-21(19)10-4-5-11-21)15-18(16)20-9-3-6-13-22(20)2/h3,6,9,13-15H,4-5,7-8,10-12H2,1-2H3/q+1. The van der Waals surface area contributed by atoms with Crippen LogP contribution in [0.4, 0.5) is 0 Å². The van der Waals surface area contributed by atoms with Crippen LogP contribution in [0, 0.1) is 6.92 Å². The molecule has 1 spiro atoms. The van der Waals surface area contributed by atoms with E-state index in [0.717, 1.165) is 0 Å². The van der Waals surface area contributed by atoms with Gasteiger partial charge in [-0.1, -0.05) is 0 Å². The molecule has 0 unspecified atom stereocenters. The molecule has 1 nitrogen and oxygen atoms in total. The van der Waals surface area contributed by atoms with Crippen LogP contribution in [0.5, 0.6) is 0 Å². The molecule has 0 atom stereocenters. The van der Waals surface area contributed by atoms with Crippen molar-refractivity contribution in [3.8, 4) is 11.3 Å². The fourth-order valence-electron chi connectivity index (χ4n) is 4.86. The quantitative estimate of drug-likeness (QED) is 0.541. The number of hydrogen-bond donors (Lipinski definition) is 0. The van der Waals surface area contributed by atoms with Gasteiger partial charge >= 0.3 is 137 Å². The Bertz CT molecular complexity index is 714. The van der Waals surface area contributed by atoms with E-state index in [2.05, 4.69) is 55.1 Å². The van der Waals surface area contributed by atoms with Crippen LogP contribution in [-0.4, -0.2) is 13.3 Å². The maximum atomic E-state index is 2.61. The van der Waals surface area contributed by atoms with Crippen molar-refractivity contribution >= 4 is 17.7 Å². The number of pyridine rings is 1. The van der Waals surface area contributed by atoms with Gasteiger partial charge < -0.3 is 0 Å². The number of aromatic nitrogens is 1. The third-order valence-corrected chi connectivity index (χ3v) is 17.6. The summed E-state index contributed by atoms with van der Waals surface area (Å²) >= 11 is -1.69. The van der Waals surface area contributed by atoms with Crippen molar-refractivity contribution in [2.45, 2.75) is 48.4 Å². The number of rotatable bonds is 1. The van der Waals surface area contributed by atoms with Crippen LogP contribution in [0.25, 0.3) is 11.3 Å². The van der Waals surface area contributed by atoms with E-state index in [9.17, 15) is 0 Å². The SMILES string of the molecule is Cc1c[c]2c(cc1-c1cccc[n+]1C)CC[CH2][Ge]21[CH2]CC[CH2]1. The Hall–Kier alpha value is -1.09. The summed E-state index contributed by atoms with van der Waals surface area (Å²) in [6, 6.07) is 11.7. The van der Waals surface area contributed by atoms with Gasteiger partial charge in [-0.15, -0.1) is 0 Å². The molecule has 2 heteroatoms. The van der Waals surface area contributed by atoms with Gasteiger partial charge in [-0.25, -0.2) is 0 Å². The Morgan fingerprint density at radius 2 is 1.77 bits per heavy atom. The number of nitrogens with zero attached hydrogens (tertiary/aromatic N) is 1. The van der Waals surface area contributed by atoms with Gasteiger partial charge in [0.15, 0.2) is 0 Å². The predicted molar refractivity (Wildman–Crippen MR) is 95.2 cm³/mol. The Balaban J connectivity index is 1.86. The molecule has 0 N–H and O–H groups in total. The second-order valence-corrected chi connectivity index (χ2v) is 17.0. The van der Waals surface area contributed by atoms with Crippen molar-refractivity contribution in [1.82, 2.24) is 0 Å². The van der Waals surface area contributed by atoms with E-state index < -0.39 is 13.3 Å². The first-order valence-electron chi connectivity index (χ1n) is 8.79. The van der Waals surface area contributed by atoms with Crippen molar-refractivity contribution < 1.29 is 4.57 Å². The van der Waals surface area contributed by atoms with E-state index in [0.29, 0.717) is 0 Å². The average molecular weight is 353 g/mol. The van der Waals surface area contributed by atoms with Crippen LogP contribution in [0.2, 0.25) is 15.8 Å². The Morgan fingerprint density at radius 1 is 1.00 bits per heavy atom. The summed E-state index contributed by atoms with van der Waals surface area (Å²) in [5, 5.41) is 4.81. The van der Waals surface area contributed by atoms with Gasteiger partial charge in [-0.2, -0.15) is 0 Å². The Kier molecular flexibility index (Phi) is 3.64. The third-order valence-electron chi connectivity index (χ3n) is 6.01. The van der Waals surface area contributed by atoms with Gasteiger partial charge in [0.1, 0.15) is 0 Å². The van der Waals surface area contributed by atoms with Gasteiger partial charge in [-0.3, -0.25) is 0 Å². The molecule has 114 valence electrons. The summed E-state index contributed by atoms with van der Waals surface area (Å²) in [5.41, 5.74) is 5.98. The maximum absolute atomic E-state index is 2.61. The zero-order valence-corrected chi connectivity index (χ0v) is 16.0. The number of fused-ring (bicyclic) bond motifs is 2. The first kappa shape index (κ1) is 14.5. The van der Waals surface area contributed by atoms with Crippen molar-refractivity contribution in [1.29, 1.82) is 0 Å². The minimum atomic E-state index is -1.69. The summed E-state index contributed by atoms with van der Waals surface area (Å²) in [4.78, 5) is 0. The molecule has 1 aromatic heterocycles. The summed E-state index contributed by atoms with van der Waals surface area (Å²) < 4.78 is 4.13.